The molecule has 1 aromatic carbocycles. The van der Waals surface area contributed by atoms with Gasteiger partial charge in [-0.15, -0.1) is 0 Å². The predicted octanol–water partition coefficient (Wildman–Crippen LogP) is 2.54. The number of nitrogens with one attached hydrogen (secondary N) is 1. The molecule has 118 valence electrons. The Hall–Kier alpha value is -1.79. The molecule has 21 heavy (non-hydrogen) atoms. The third-order valence-electron chi connectivity index (χ3n) is 2.58. The van der Waals surface area contributed by atoms with Crippen molar-refractivity contribution in [3.8, 4) is 5.75 Å². The van der Waals surface area contributed by atoms with E-state index < -0.39 is 11.7 Å². The molecule has 1 rings (SSSR count). The van der Waals surface area contributed by atoms with Gasteiger partial charge in [0.25, 0.3) is 0 Å². The maximum absolute atomic E-state index is 11.6. The summed E-state index contributed by atoms with van der Waals surface area (Å²) in [5, 5.41) is 0. The molecule has 1 unspecified atom stereocenters. The summed E-state index contributed by atoms with van der Waals surface area (Å²) in [7, 11) is 1.59. The van der Waals surface area contributed by atoms with Crippen molar-refractivity contribution in [2.24, 2.45) is 5.73 Å². The molecule has 0 spiro atoms. The van der Waals surface area contributed by atoms with Crippen molar-refractivity contribution in [2.45, 2.75) is 38.9 Å². The number of methoxy groups -OCH3 is 1. The van der Waals surface area contributed by atoms with Gasteiger partial charge in [-0.3, -0.25) is 4.84 Å². The van der Waals surface area contributed by atoms with E-state index in [1.54, 1.807) is 27.9 Å². The molecule has 0 heterocycles. The van der Waals surface area contributed by atoms with Gasteiger partial charge >= 0.3 is 6.09 Å². The van der Waals surface area contributed by atoms with Crippen LogP contribution < -0.4 is 16.0 Å². The molecule has 0 saturated heterocycles. The number of hydroxylamine groups is 1. The minimum Gasteiger partial charge on any atom is -0.497 e. The highest BCUT2D eigenvalue weighted by Crippen LogP contribution is 2.23. The summed E-state index contributed by atoms with van der Waals surface area (Å²) >= 11 is 0. The maximum Gasteiger partial charge on any atom is 0.431 e. The highest BCUT2D eigenvalue weighted by molar-refractivity contribution is 5.66. The lowest BCUT2D eigenvalue weighted by Gasteiger charge is -2.22. The second-order valence-electron chi connectivity index (χ2n) is 5.56. The van der Waals surface area contributed by atoms with Crippen LogP contribution in [0.1, 0.15) is 38.9 Å². The van der Waals surface area contributed by atoms with Crippen LogP contribution in [0.4, 0.5) is 4.79 Å². The molecule has 6 nitrogen and oxygen atoms in total. The number of rotatable bonds is 6. The number of nitrogens with two attached hydrogens (primary N) is 1. The number of benzene rings is 1. The molecule has 1 atom stereocenters. The van der Waals surface area contributed by atoms with E-state index in [9.17, 15) is 4.79 Å². The van der Waals surface area contributed by atoms with Gasteiger partial charge in [-0.05, 0) is 51.4 Å². The summed E-state index contributed by atoms with van der Waals surface area (Å²) < 4.78 is 10.3. The van der Waals surface area contributed by atoms with Gasteiger partial charge in [0.15, 0.2) is 0 Å². The van der Waals surface area contributed by atoms with Crippen molar-refractivity contribution in [3.05, 3.63) is 29.8 Å². The Balaban J connectivity index is 2.67. The molecule has 0 fully saturated rings. The summed E-state index contributed by atoms with van der Waals surface area (Å²) in [5.74, 6) is 0.718. The Morgan fingerprint density at radius 3 is 2.67 bits per heavy atom. The highest BCUT2D eigenvalue weighted by Gasteiger charge is 2.19. The second kappa shape index (κ2) is 7.85. The van der Waals surface area contributed by atoms with E-state index in [0.717, 1.165) is 11.3 Å². The molecule has 0 aliphatic carbocycles. The molecule has 0 saturated carbocycles. The van der Waals surface area contributed by atoms with E-state index in [-0.39, 0.29) is 6.10 Å². The van der Waals surface area contributed by atoms with Crippen molar-refractivity contribution in [2.75, 3.05) is 13.7 Å². The Bertz CT molecular complexity index is 457. The van der Waals surface area contributed by atoms with Crippen LogP contribution in [0.15, 0.2) is 24.3 Å². The number of carbonyl (C=O) groups excluding carboxylic acids is 1. The first-order valence-electron chi connectivity index (χ1n) is 6.84. The van der Waals surface area contributed by atoms with Crippen LogP contribution in [-0.4, -0.2) is 25.3 Å². The third kappa shape index (κ3) is 6.46. The van der Waals surface area contributed by atoms with E-state index in [2.05, 4.69) is 5.48 Å². The molecule has 0 bridgehead atoms. The minimum atomic E-state index is -0.632. The van der Waals surface area contributed by atoms with Crippen LogP contribution >= 0.6 is 0 Å². The first-order valence-corrected chi connectivity index (χ1v) is 6.84. The van der Waals surface area contributed by atoms with E-state index >= 15 is 0 Å². The predicted molar refractivity (Wildman–Crippen MR) is 79.9 cm³/mol. The largest absolute Gasteiger partial charge is 0.497 e. The number of hydrogen-bond donors (Lipinski definition) is 2. The van der Waals surface area contributed by atoms with Crippen LogP contribution in [0.5, 0.6) is 5.75 Å². The van der Waals surface area contributed by atoms with E-state index in [1.807, 2.05) is 24.3 Å². The monoisotopic (exact) mass is 296 g/mol. The number of carbonyl (C=O) groups is 1. The fourth-order valence-corrected chi connectivity index (χ4v) is 1.70. The SMILES string of the molecule is COc1cccc(C(CCN)ONC(=O)OC(C)(C)C)c1. The molecular formula is C15H24N2O4. The van der Waals surface area contributed by atoms with Gasteiger partial charge in [-0.1, -0.05) is 12.1 Å². The van der Waals surface area contributed by atoms with Crippen LogP contribution in [0, 0.1) is 0 Å². The van der Waals surface area contributed by atoms with Gasteiger partial charge in [0.1, 0.15) is 17.5 Å². The van der Waals surface area contributed by atoms with Gasteiger partial charge in [-0.2, -0.15) is 5.48 Å². The first kappa shape index (κ1) is 17.3. The topological polar surface area (TPSA) is 82.8 Å². The Kier molecular flexibility index (Phi) is 6.45. The molecule has 0 radical (unpaired) electrons. The van der Waals surface area contributed by atoms with Crippen LogP contribution in [-0.2, 0) is 9.57 Å². The number of ether oxygens (including phenoxy) is 2. The number of amides is 1. The molecule has 0 aromatic heterocycles. The summed E-state index contributed by atoms with van der Waals surface area (Å²) in [6.07, 6.45) is -0.437. The molecule has 0 aliphatic heterocycles. The average Bonchev–Trinajstić information content (AvgIpc) is 2.41. The van der Waals surface area contributed by atoms with Crippen molar-refractivity contribution >= 4 is 6.09 Å². The van der Waals surface area contributed by atoms with E-state index in [0.29, 0.717) is 13.0 Å². The maximum atomic E-state index is 11.6. The molecule has 0 aliphatic rings. The van der Waals surface area contributed by atoms with Crippen LogP contribution in [0.3, 0.4) is 0 Å². The number of hydrogen-bond acceptors (Lipinski definition) is 5. The van der Waals surface area contributed by atoms with Crippen molar-refractivity contribution in [1.29, 1.82) is 0 Å². The second-order valence-corrected chi connectivity index (χ2v) is 5.56. The van der Waals surface area contributed by atoms with Gasteiger partial charge < -0.3 is 15.2 Å². The van der Waals surface area contributed by atoms with Crippen LogP contribution in [0.2, 0.25) is 0 Å². The van der Waals surface area contributed by atoms with Gasteiger partial charge in [0, 0.05) is 0 Å². The summed E-state index contributed by atoms with van der Waals surface area (Å²) in [5.41, 5.74) is 8.19. The summed E-state index contributed by atoms with van der Waals surface area (Å²) in [6, 6.07) is 7.43. The normalized spacial score (nSPS) is 12.6. The van der Waals surface area contributed by atoms with Gasteiger partial charge in [0.05, 0.1) is 7.11 Å². The Morgan fingerprint density at radius 1 is 1.38 bits per heavy atom. The molecular weight excluding hydrogens is 272 g/mol. The third-order valence-corrected chi connectivity index (χ3v) is 2.58. The fraction of sp³-hybridized carbons (Fsp3) is 0.533. The zero-order valence-corrected chi connectivity index (χ0v) is 13.0. The zero-order chi connectivity index (χ0) is 15.9. The van der Waals surface area contributed by atoms with Crippen LogP contribution in [0.25, 0.3) is 0 Å². The Morgan fingerprint density at radius 2 is 2.10 bits per heavy atom. The lowest BCUT2D eigenvalue weighted by molar-refractivity contribution is -0.0455. The zero-order valence-electron chi connectivity index (χ0n) is 13.0. The lowest BCUT2D eigenvalue weighted by atomic mass is 10.1. The first-order chi connectivity index (χ1) is 9.85. The highest BCUT2D eigenvalue weighted by atomic mass is 16.7. The smallest absolute Gasteiger partial charge is 0.431 e. The lowest BCUT2D eigenvalue weighted by Crippen LogP contribution is -2.33. The quantitative estimate of drug-likeness (QED) is 0.788. The fourth-order valence-electron chi connectivity index (χ4n) is 1.70. The van der Waals surface area contributed by atoms with Crippen molar-refractivity contribution in [3.63, 3.8) is 0 Å². The molecule has 1 aromatic rings. The van der Waals surface area contributed by atoms with Gasteiger partial charge in [-0.25, -0.2) is 4.79 Å². The standard InChI is InChI=1S/C15H24N2O4/c1-15(2,3)20-14(18)17-21-13(8-9-16)11-6-5-7-12(10-11)19-4/h5-7,10,13H,8-9,16H2,1-4H3,(H,17,18). The minimum absolute atomic E-state index is 0.363. The van der Waals surface area contributed by atoms with Crippen molar-refractivity contribution in [1.82, 2.24) is 5.48 Å². The Labute approximate surface area is 125 Å². The summed E-state index contributed by atoms with van der Waals surface area (Å²) in [4.78, 5) is 17.0. The molecule has 6 heteroatoms. The molecule has 3 N–H and O–H groups in total. The van der Waals surface area contributed by atoms with E-state index in [1.165, 1.54) is 0 Å². The van der Waals surface area contributed by atoms with Crippen molar-refractivity contribution < 1.29 is 19.1 Å². The van der Waals surface area contributed by atoms with E-state index in [4.69, 9.17) is 20.0 Å². The molecule has 1 amide bonds. The van der Waals surface area contributed by atoms with Gasteiger partial charge in [0.2, 0.25) is 0 Å². The average molecular weight is 296 g/mol. The summed E-state index contributed by atoms with van der Waals surface area (Å²) in [6.45, 7) is 5.78.